The van der Waals surface area contributed by atoms with E-state index >= 15 is 0 Å². The van der Waals surface area contributed by atoms with Gasteiger partial charge in [0, 0.05) is 30.5 Å². The van der Waals surface area contributed by atoms with Crippen molar-refractivity contribution in [1.82, 2.24) is 10.2 Å². The van der Waals surface area contributed by atoms with Gasteiger partial charge in [0.15, 0.2) is 11.5 Å². The molecule has 1 saturated heterocycles. The third-order valence-corrected chi connectivity index (χ3v) is 4.88. The van der Waals surface area contributed by atoms with Gasteiger partial charge < -0.3 is 19.7 Å². The van der Waals surface area contributed by atoms with Gasteiger partial charge >= 0.3 is 0 Å². The Labute approximate surface area is 159 Å². The first-order valence-corrected chi connectivity index (χ1v) is 10.0. The van der Waals surface area contributed by atoms with Crippen molar-refractivity contribution >= 4 is 21.8 Å². The Bertz CT molecular complexity index is 566. The third kappa shape index (κ3) is 6.19. The fourth-order valence-corrected chi connectivity index (χ4v) is 3.33. The topological polar surface area (TPSA) is 50.8 Å². The van der Waals surface area contributed by atoms with Crippen LogP contribution in [0.5, 0.6) is 11.5 Å². The van der Waals surface area contributed by atoms with Gasteiger partial charge in [0.05, 0.1) is 13.2 Å². The molecule has 140 valence electrons. The van der Waals surface area contributed by atoms with E-state index in [0.717, 1.165) is 67.0 Å². The monoisotopic (exact) mass is 412 g/mol. The van der Waals surface area contributed by atoms with E-state index < -0.39 is 0 Å². The van der Waals surface area contributed by atoms with Crippen LogP contribution in [0.4, 0.5) is 0 Å². The van der Waals surface area contributed by atoms with Crippen LogP contribution in [0.3, 0.4) is 0 Å². The van der Waals surface area contributed by atoms with Gasteiger partial charge in [-0.1, -0.05) is 22.9 Å². The van der Waals surface area contributed by atoms with E-state index in [2.05, 4.69) is 28.2 Å². The fourth-order valence-electron chi connectivity index (χ4n) is 2.86. The molecule has 0 bridgehead atoms. The molecular formula is C19H29BrN2O3. The van der Waals surface area contributed by atoms with Crippen LogP contribution in [-0.2, 0) is 11.3 Å². The third-order valence-electron chi connectivity index (χ3n) is 4.14. The van der Waals surface area contributed by atoms with E-state index in [4.69, 9.17) is 9.47 Å². The second-order valence-electron chi connectivity index (χ2n) is 6.19. The summed E-state index contributed by atoms with van der Waals surface area (Å²) < 4.78 is 12.5. The molecule has 0 unspecified atom stereocenters. The van der Waals surface area contributed by atoms with Crippen molar-refractivity contribution < 1.29 is 14.3 Å². The minimum atomic E-state index is 0.298. The van der Waals surface area contributed by atoms with Crippen LogP contribution in [0.25, 0.3) is 0 Å². The molecule has 1 amide bonds. The number of carbonyl (C=O) groups excluding carboxylic acids is 1. The first-order chi connectivity index (χ1) is 12.2. The van der Waals surface area contributed by atoms with Crippen LogP contribution in [-0.4, -0.2) is 43.7 Å². The van der Waals surface area contributed by atoms with Crippen molar-refractivity contribution in [2.75, 3.05) is 32.8 Å². The number of likely N-dealkylation sites (tertiary alicyclic amines) is 1. The van der Waals surface area contributed by atoms with Gasteiger partial charge in [-0.25, -0.2) is 0 Å². The Morgan fingerprint density at radius 2 is 2.04 bits per heavy atom. The molecule has 1 N–H and O–H groups in total. The van der Waals surface area contributed by atoms with Crippen molar-refractivity contribution in [2.24, 2.45) is 0 Å². The molecule has 0 spiro atoms. The number of amides is 1. The SMILES string of the molecule is CCCOc1cc(Br)c(CNCCCN2CCCC2=O)cc1OCC. The number of benzene rings is 1. The molecular weight excluding hydrogens is 384 g/mol. The van der Waals surface area contributed by atoms with Crippen LogP contribution >= 0.6 is 15.9 Å². The molecule has 1 heterocycles. The van der Waals surface area contributed by atoms with Crippen molar-refractivity contribution in [3.8, 4) is 11.5 Å². The molecule has 1 aliphatic rings. The Morgan fingerprint density at radius 3 is 2.72 bits per heavy atom. The Hall–Kier alpha value is -1.27. The lowest BCUT2D eigenvalue weighted by Crippen LogP contribution is -2.28. The largest absolute Gasteiger partial charge is 0.490 e. The maximum Gasteiger partial charge on any atom is 0.222 e. The van der Waals surface area contributed by atoms with Crippen LogP contribution in [0.2, 0.25) is 0 Å². The lowest BCUT2D eigenvalue weighted by Gasteiger charge is -2.16. The highest BCUT2D eigenvalue weighted by Crippen LogP contribution is 2.34. The van der Waals surface area contributed by atoms with E-state index in [-0.39, 0.29) is 0 Å². The summed E-state index contributed by atoms with van der Waals surface area (Å²) in [6, 6.07) is 4.02. The first-order valence-electron chi connectivity index (χ1n) is 9.22. The predicted molar refractivity (Wildman–Crippen MR) is 103 cm³/mol. The second-order valence-corrected chi connectivity index (χ2v) is 7.04. The molecule has 0 saturated carbocycles. The van der Waals surface area contributed by atoms with E-state index in [9.17, 15) is 4.79 Å². The minimum absolute atomic E-state index is 0.298. The normalized spacial score (nSPS) is 14.2. The predicted octanol–water partition coefficient (Wildman–Crippen LogP) is 3.74. The zero-order valence-corrected chi connectivity index (χ0v) is 16.9. The van der Waals surface area contributed by atoms with Crippen LogP contribution in [0.15, 0.2) is 16.6 Å². The highest BCUT2D eigenvalue weighted by atomic mass is 79.9. The number of nitrogens with zero attached hydrogens (tertiary/aromatic N) is 1. The van der Waals surface area contributed by atoms with Crippen LogP contribution in [0.1, 0.15) is 45.1 Å². The van der Waals surface area contributed by atoms with Crippen LogP contribution < -0.4 is 14.8 Å². The smallest absolute Gasteiger partial charge is 0.222 e. The maximum atomic E-state index is 11.6. The minimum Gasteiger partial charge on any atom is -0.490 e. The zero-order chi connectivity index (χ0) is 18.1. The summed E-state index contributed by atoms with van der Waals surface area (Å²) in [6.07, 6.45) is 3.66. The summed E-state index contributed by atoms with van der Waals surface area (Å²) in [6.45, 7) is 8.76. The van der Waals surface area contributed by atoms with Crippen LogP contribution in [0, 0.1) is 0 Å². The van der Waals surface area contributed by atoms with E-state index in [0.29, 0.717) is 25.5 Å². The molecule has 0 atom stereocenters. The number of hydrogen-bond donors (Lipinski definition) is 1. The number of rotatable bonds is 11. The standard InChI is InChI=1S/C19H29BrN2O3/c1-3-11-25-18-13-16(20)15(12-17(18)24-4-2)14-21-8-6-10-22-9-5-7-19(22)23/h12-13,21H,3-11,14H2,1-2H3. The lowest BCUT2D eigenvalue weighted by atomic mass is 10.2. The molecule has 25 heavy (non-hydrogen) atoms. The van der Waals surface area contributed by atoms with E-state index in [1.807, 2.05) is 24.0 Å². The first kappa shape index (κ1) is 20.0. The number of nitrogens with one attached hydrogen (secondary N) is 1. The molecule has 5 nitrogen and oxygen atoms in total. The van der Waals surface area contributed by atoms with Crippen molar-refractivity contribution in [1.29, 1.82) is 0 Å². The van der Waals surface area contributed by atoms with Crippen molar-refractivity contribution in [3.63, 3.8) is 0 Å². The van der Waals surface area contributed by atoms with Gasteiger partial charge in [-0.15, -0.1) is 0 Å². The van der Waals surface area contributed by atoms with E-state index in [1.165, 1.54) is 0 Å². The molecule has 1 aromatic rings. The average Bonchev–Trinajstić information content (AvgIpc) is 3.00. The van der Waals surface area contributed by atoms with Gasteiger partial charge in [0.1, 0.15) is 0 Å². The molecule has 6 heteroatoms. The van der Waals surface area contributed by atoms with Gasteiger partial charge in [-0.2, -0.15) is 0 Å². The molecule has 0 radical (unpaired) electrons. The Morgan fingerprint density at radius 1 is 1.24 bits per heavy atom. The molecule has 2 rings (SSSR count). The summed E-state index contributed by atoms with van der Waals surface area (Å²) in [5.74, 6) is 1.87. The summed E-state index contributed by atoms with van der Waals surface area (Å²) in [7, 11) is 0. The van der Waals surface area contributed by atoms with Gasteiger partial charge in [0.2, 0.25) is 5.91 Å². The molecule has 1 fully saturated rings. The lowest BCUT2D eigenvalue weighted by molar-refractivity contribution is -0.127. The second kappa shape index (κ2) is 10.7. The molecule has 1 aromatic carbocycles. The van der Waals surface area contributed by atoms with Gasteiger partial charge in [-0.05, 0) is 50.4 Å². The summed E-state index contributed by atoms with van der Waals surface area (Å²) in [4.78, 5) is 13.5. The Kier molecular flexibility index (Phi) is 8.55. The maximum absolute atomic E-state index is 11.6. The van der Waals surface area contributed by atoms with Gasteiger partial charge in [0.25, 0.3) is 0 Å². The summed E-state index contributed by atoms with van der Waals surface area (Å²) >= 11 is 3.63. The zero-order valence-electron chi connectivity index (χ0n) is 15.3. The average molecular weight is 413 g/mol. The fraction of sp³-hybridized carbons (Fsp3) is 0.632. The number of ether oxygens (including phenoxy) is 2. The highest BCUT2D eigenvalue weighted by molar-refractivity contribution is 9.10. The van der Waals surface area contributed by atoms with E-state index in [1.54, 1.807) is 0 Å². The van der Waals surface area contributed by atoms with Crippen molar-refractivity contribution in [2.45, 2.75) is 46.1 Å². The molecule has 1 aliphatic heterocycles. The molecule has 0 aromatic heterocycles. The number of carbonyl (C=O) groups is 1. The van der Waals surface area contributed by atoms with Gasteiger partial charge in [-0.3, -0.25) is 4.79 Å². The number of halogens is 1. The Balaban J connectivity index is 1.83. The van der Waals surface area contributed by atoms with Crippen molar-refractivity contribution in [3.05, 3.63) is 22.2 Å². The quantitative estimate of drug-likeness (QED) is 0.562. The number of hydrogen-bond acceptors (Lipinski definition) is 4. The summed E-state index contributed by atoms with van der Waals surface area (Å²) in [5, 5.41) is 3.45. The molecule has 0 aliphatic carbocycles. The highest BCUT2D eigenvalue weighted by Gasteiger charge is 2.18. The summed E-state index contributed by atoms with van der Waals surface area (Å²) in [5.41, 5.74) is 1.14.